The van der Waals surface area contributed by atoms with Crippen LogP contribution in [0.15, 0.2) is 42.5 Å². The van der Waals surface area contributed by atoms with Gasteiger partial charge in [0.25, 0.3) is 0 Å². The quantitative estimate of drug-likeness (QED) is 0.504. The normalized spacial score (nSPS) is 10.5. The highest BCUT2D eigenvalue weighted by molar-refractivity contribution is 7.15. The van der Waals surface area contributed by atoms with Crippen molar-refractivity contribution < 1.29 is 19.1 Å². The number of thiazole rings is 1. The molecule has 0 spiro atoms. The molecule has 0 aliphatic rings. The van der Waals surface area contributed by atoms with Gasteiger partial charge in [-0.15, -0.1) is 11.3 Å². The Morgan fingerprint density at radius 1 is 1.00 bits per heavy atom. The van der Waals surface area contributed by atoms with Crippen molar-refractivity contribution in [3.8, 4) is 22.1 Å². The number of anilines is 1. The van der Waals surface area contributed by atoms with Crippen LogP contribution in [0.25, 0.3) is 10.6 Å². The first-order valence-corrected chi connectivity index (χ1v) is 11.1. The van der Waals surface area contributed by atoms with Gasteiger partial charge in [-0.05, 0) is 49.2 Å². The van der Waals surface area contributed by atoms with Crippen molar-refractivity contribution in [3.63, 3.8) is 0 Å². The first-order valence-electron chi connectivity index (χ1n) is 10.3. The summed E-state index contributed by atoms with van der Waals surface area (Å²) in [6.07, 6.45) is 1.50. The van der Waals surface area contributed by atoms with Crippen molar-refractivity contribution in [3.05, 3.63) is 58.6 Å². The van der Waals surface area contributed by atoms with Crippen LogP contribution in [0, 0.1) is 6.92 Å². The van der Waals surface area contributed by atoms with Crippen LogP contribution in [0.3, 0.4) is 0 Å². The van der Waals surface area contributed by atoms with Gasteiger partial charge in [-0.3, -0.25) is 9.59 Å². The number of carbonyl (C=O) groups excluding carboxylic acids is 2. The zero-order chi connectivity index (χ0) is 23.1. The number of ether oxygens (including phenoxy) is 2. The molecule has 168 valence electrons. The molecule has 0 saturated heterocycles. The van der Waals surface area contributed by atoms with Crippen LogP contribution in [0.1, 0.15) is 23.1 Å². The Labute approximate surface area is 191 Å². The minimum atomic E-state index is -0.679. The Morgan fingerprint density at radius 2 is 1.72 bits per heavy atom. The maximum Gasteiger partial charge on any atom is 0.313 e. The van der Waals surface area contributed by atoms with Crippen LogP contribution in [0.2, 0.25) is 0 Å². The highest BCUT2D eigenvalue weighted by atomic mass is 32.1. The topological polar surface area (TPSA) is 89.6 Å². The van der Waals surface area contributed by atoms with Crippen LogP contribution in [-0.4, -0.2) is 37.6 Å². The molecule has 1 heterocycles. The maximum atomic E-state index is 12.1. The molecule has 1 aromatic heterocycles. The average molecular weight is 454 g/mol. The maximum absolute atomic E-state index is 12.1. The van der Waals surface area contributed by atoms with E-state index in [-0.39, 0.29) is 0 Å². The molecule has 3 rings (SSSR count). The molecule has 3 aromatic rings. The Bertz CT molecular complexity index is 1090. The van der Waals surface area contributed by atoms with Crippen molar-refractivity contribution in [1.82, 2.24) is 10.3 Å². The fourth-order valence-electron chi connectivity index (χ4n) is 3.13. The van der Waals surface area contributed by atoms with Crippen LogP contribution in [0.4, 0.5) is 5.69 Å². The van der Waals surface area contributed by atoms with Gasteiger partial charge in [-0.25, -0.2) is 4.98 Å². The molecule has 0 aliphatic carbocycles. The lowest BCUT2D eigenvalue weighted by Gasteiger charge is -2.08. The third-order valence-corrected chi connectivity index (χ3v) is 6.25. The number of rotatable bonds is 8. The number of amides is 2. The molecule has 0 unspecified atom stereocenters. The zero-order valence-electron chi connectivity index (χ0n) is 18.7. The first kappa shape index (κ1) is 23.3. The average Bonchev–Trinajstić information content (AvgIpc) is 3.19. The van der Waals surface area contributed by atoms with Gasteiger partial charge in [0.2, 0.25) is 0 Å². The largest absolute Gasteiger partial charge is 0.493 e. The van der Waals surface area contributed by atoms with E-state index in [9.17, 15) is 9.59 Å². The van der Waals surface area contributed by atoms with E-state index >= 15 is 0 Å². The van der Waals surface area contributed by atoms with Crippen molar-refractivity contribution in [2.24, 2.45) is 0 Å². The molecular formula is C24H27N3O4S. The molecule has 2 N–H and O–H groups in total. The zero-order valence-corrected chi connectivity index (χ0v) is 19.5. The summed E-state index contributed by atoms with van der Waals surface area (Å²) in [5, 5.41) is 6.15. The molecule has 0 aliphatic heterocycles. The predicted octanol–water partition coefficient (Wildman–Crippen LogP) is 4.00. The number of methoxy groups -OCH3 is 2. The molecular weight excluding hydrogens is 426 g/mol. The molecule has 0 radical (unpaired) electrons. The lowest BCUT2D eigenvalue weighted by molar-refractivity contribution is -0.136. The van der Waals surface area contributed by atoms with E-state index < -0.39 is 11.8 Å². The van der Waals surface area contributed by atoms with E-state index in [1.165, 1.54) is 5.56 Å². The number of aromatic nitrogens is 1. The van der Waals surface area contributed by atoms with Crippen LogP contribution >= 0.6 is 11.3 Å². The minimum absolute atomic E-state index is 0.343. The van der Waals surface area contributed by atoms with Crippen molar-refractivity contribution in [2.75, 3.05) is 26.1 Å². The summed E-state index contributed by atoms with van der Waals surface area (Å²) in [5.41, 5.74) is 3.59. The highest BCUT2D eigenvalue weighted by Gasteiger charge is 2.15. The number of nitrogens with one attached hydrogen (secondary N) is 2. The van der Waals surface area contributed by atoms with Crippen LogP contribution in [0.5, 0.6) is 11.5 Å². The van der Waals surface area contributed by atoms with Gasteiger partial charge < -0.3 is 20.1 Å². The molecule has 0 fully saturated rings. The molecule has 7 nitrogen and oxygen atoms in total. The molecule has 32 heavy (non-hydrogen) atoms. The van der Waals surface area contributed by atoms with Gasteiger partial charge >= 0.3 is 11.8 Å². The first-order chi connectivity index (χ1) is 15.4. The predicted molar refractivity (Wildman–Crippen MR) is 127 cm³/mol. The van der Waals surface area contributed by atoms with E-state index in [0.717, 1.165) is 27.6 Å². The Morgan fingerprint density at radius 3 is 2.38 bits per heavy atom. The molecule has 2 aromatic carbocycles. The number of aryl methyl sites for hydroxylation is 2. The smallest absolute Gasteiger partial charge is 0.313 e. The van der Waals surface area contributed by atoms with Crippen molar-refractivity contribution in [1.29, 1.82) is 0 Å². The van der Waals surface area contributed by atoms with Crippen LogP contribution < -0.4 is 20.1 Å². The summed E-state index contributed by atoms with van der Waals surface area (Å²) in [7, 11) is 3.19. The van der Waals surface area contributed by atoms with E-state index in [4.69, 9.17) is 9.47 Å². The van der Waals surface area contributed by atoms with E-state index in [0.29, 0.717) is 30.2 Å². The van der Waals surface area contributed by atoms with Gasteiger partial charge in [0, 0.05) is 29.1 Å². The Hall–Kier alpha value is -3.39. The second-order valence-corrected chi connectivity index (χ2v) is 8.19. The molecule has 2 amide bonds. The summed E-state index contributed by atoms with van der Waals surface area (Å²) < 4.78 is 10.7. The van der Waals surface area contributed by atoms with Gasteiger partial charge in [0.1, 0.15) is 5.01 Å². The van der Waals surface area contributed by atoms with Crippen molar-refractivity contribution >= 4 is 28.8 Å². The third kappa shape index (κ3) is 5.64. The minimum Gasteiger partial charge on any atom is -0.493 e. The SMILES string of the molecule is CCc1ccc(NC(=O)C(=O)NCCc2sc(-c3ccc(OC)c(OC)c3)nc2C)cc1. The van der Waals surface area contributed by atoms with Gasteiger partial charge in [-0.1, -0.05) is 19.1 Å². The van der Waals surface area contributed by atoms with Crippen LogP contribution in [-0.2, 0) is 22.4 Å². The Kier molecular flexibility index (Phi) is 7.83. The third-order valence-electron chi connectivity index (χ3n) is 4.99. The molecule has 0 saturated carbocycles. The number of hydrogen-bond donors (Lipinski definition) is 2. The number of benzene rings is 2. The fraction of sp³-hybridized carbons (Fsp3) is 0.292. The van der Waals surface area contributed by atoms with Gasteiger partial charge in [-0.2, -0.15) is 0 Å². The summed E-state index contributed by atoms with van der Waals surface area (Å²) in [4.78, 5) is 30.0. The molecule has 8 heteroatoms. The summed E-state index contributed by atoms with van der Waals surface area (Å²) in [6.45, 7) is 4.34. The summed E-state index contributed by atoms with van der Waals surface area (Å²) >= 11 is 1.55. The lowest BCUT2D eigenvalue weighted by atomic mass is 10.1. The number of carbonyl (C=O) groups is 2. The summed E-state index contributed by atoms with van der Waals surface area (Å²) in [6, 6.07) is 13.1. The molecule has 0 bridgehead atoms. The van der Waals surface area contributed by atoms with Crippen molar-refractivity contribution in [2.45, 2.75) is 26.7 Å². The van der Waals surface area contributed by atoms with Gasteiger partial charge in [0.15, 0.2) is 11.5 Å². The monoisotopic (exact) mass is 453 g/mol. The van der Waals surface area contributed by atoms with E-state index in [1.54, 1.807) is 37.7 Å². The molecule has 0 atom stereocenters. The number of nitrogens with zero attached hydrogens (tertiary/aromatic N) is 1. The lowest BCUT2D eigenvalue weighted by Crippen LogP contribution is -2.36. The standard InChI is InChI=1S/C24H27N3O4S/c1-5-16-6-9-18(10-7-16)27-23(29)22(28)25-13-12-21-15(2)26-24(32-21)17-8-11-19(30-3)20(14-17)31-4/h6-11,14H,5,12-13H2,1-4H3,(H,25,28)(H,27,29). The second-order valence-electron chi connectivity index (χ2n) is 7.11. The second kappa shape index (κ2) is 10.8. The van der Waals surface area contributed by atoms with E-state index in [1.807, 2.05) is 37.3 Å². The number of hydrogen-bond acceptors (Lipinski definition) is 6. The van der Waals surface area contributed by atoms with Gasteiger partial charge in [0.05, 0.1) is 19.9 Å². The fourth-order valence-corrected chi connectivity index (χ4v) is 4.19. The Balaban J connectivity index is 1.56. The summed E-state index contributed by atoms with van der Waals surface area (Å²) in [5.74, 6) is -0.0396. The van der Waals surface area contributed by atoms with E-state index in [2.05, 4.69) is 22.5 Å². The highest BCUT2D eigenvalue weighted by Crippen LogP contribution is 2.35.